The van der Waals surface area contributed by atoms with Gasteiger partial charge in [-0.3, -0.25) is 4.79 Å². The molecule has 0 heterocycles. The van der Waals surface area contributed by atoms with Gasteiger partial charge in [-0.15, -0.1) is 0 Å². The van der Waals surface area contributed by atoms with E-state index in [9.17, 15) is 18.4 Å². The first-order valence-corrected chi connectivity index (χ1v) is 6.12. The number of nitrogens with one attached hydrogen (secondary N) is 2. The van der Waals surface area contributed by atoms with Crippen LogP contribution in [0, 0.1) is 0 Å². The van der Waals surface area contributed by atoms with Gasteiger partial charge < -0.3 is 15.7 Å². The Labute approximate surface area is 112 Å². The number of carbonyl (C=O) groups is 2. The zero-order chi connectivity index (χ0) is 14.4. The number of urea groups is 1. The van der Waals surface area contributed by atoms with Gasteiger partial charge in [-0.25, -0.2) is 4.79 Å². The number of aliphatic carboxylic acids is 1. The maximum atomic E-state index is 12.3. The van der Waals surface area contributed by atoms with Crippen molar-refractivity contribution in [3.8, 4) is 0 Å². The molecular formula is C11H12F2N2O3S. The fraction of sp³-hybridized carbons (Fsp3) is 0.273. The number of amides is 2. The highest BCUT2D eigenvalue weighted by molar-refractivity contribution is 7.99. The largest absolute Gasteiger partial charge is 0.480 e. The van der Waals surface area contributed by atoms with Gasteiger partial charge in [0.2, 0.25) is 0 Å². The highest BCUT2D eigenvalue weighted by atomic mass is 32.2. The average molecular weight is 290 g/mol. The molecule has 1 aromatic rings. The number of carbonyl (C=O) groups excluding carboxylic acids is 1. The number of rotatable bonds is 5. The molecule has 0 aliphatic heterocycles. The van der Waals surface area contributed by atoms with Gasteiger partial charge in [0.25, 0.3) is 5.76 Å². The van der Waals surface area contributed by atoms with Crippen LogP contribution in [-0.2, 0) is 4.79 Å². The molecule has 5 nitrogen and oxygen atoms in total. The van der Waals surface area contributed by atoms with Crippen LogP contribution in [0.25, 0.3) is 0 Å². The van der Waals surface area contributed by atoms with Crippen molar-refractivity contribution in [2.75, 3.05) is 5.32 Å². The van der Waals surface area contributed by atoms with Gasteiger partial charge in [0.15, 0.2) is 0 Å². The van der Waals surface area contributed by atoms with E-state index in [1.54, 1.807) is 12.1 Å². The molecule has 19 heavy (non-hydrogen) atoms. The number of carboxylic acids is 1. The number of hydrogen-bond acceptors (Lipinski definition) is 3. The Morgan fingerprint density at radius 3 is 2.53 bits per heavy atom. The molecule has 1 rings (SSSR count). The van der Waals surface area contributed by atoms with E-state index >= 15 is 0 Å². The predicted octanol–water partition coefficient (Wildman–Crippen LogP) is 2.60. The minimum absolute atomic E-state index is 0.197. The van der Waals surface area contributed by atoms with Crippen molar-refractivity contribution < 1.29 is 23.5 Å². The lowest BCUT2D eigenvalue weighted by atomic mass is 10.3. The van der Waals surface area contributed by atoms with Crippen molar-refractivity contribution in [2.45, 2.75) is 23.6 Å². The third-order valence-electron chi connectivity index (χ3n) is 2.07. The second-order valence-electron chi connectivity index (χ2n) is 3.53. The van der Waals surface area contributed by atoms with Crippen LogP contribution in [0.5, 0.6) is 0 Å². The van der Waals surface area contributed by atoms with Gasteiger partial charge in [0, 0.05) is 4.90 Å². The monoisotopic (exact) mass is 290 g/mol. The molecule has 0 fully saturated rings. The van der Waals surface area contributed by atoms with E-state index < -0.39 is 23.8 Å². The number of anilines is 1. The fourth-order valence-electron chi connectivity index (χ4n) is 1.19. The fourth-order valence-corrected chi connectivity index (χ4v) is 1.78. The molecule has 104 valence electrons. The van der Waals surface area contributed by atoms with Crippen molar-refractivity contribution in [1.29, 1.82) is 0 Å². The minimum atomic E-state index is -2.61. The van der Waals surface area contributed by atoms with Crippen LogP contribution >= 0.6 is 11.8 Å². The van der Waals surface area contributed by atoms with E-state index in [-0.39, 0.29) is 10.6 Å². The molecule has 0 aliphatic rings. The normalized spacial score (nSPS) is 12.0. The van der Waals surface area contributed by atoms with Crippen LogP contribution < -0.4 is 10.6 Å². The van der Waals surface area contributed by atoms with E-state index in [4.69, 9.17) is 5.11 Å². The topological polar surface area (TPSA) is 78.4 Å². The second kappa shape index (κ2) is 6.93. The quantitative estimate of drug-likeness (QED) is 0.728. The van der Waals surface area contributed by atoms with Crippen molar-refractivity contribution in [1.82, 2.24) is 5.32 Å². The molecule has 1 aromatic carbocycles. The van der Waals surface area contributed by atoms with Gasteiger partial charge in [-0.05, 0) is 19.1 Å². The standard InChI is InChI=1S/C11H12F2N2O3S/c1-6(9(16)17)14-11(18)15-7-4-2-3-5-8(7)19-10(12)13/h2-6,10H,1H3,(H,16,17)(H2,14,15,18)/t6-/m1/s1. The lowest BCUT2D eigenvalue weighted by molar-refractivity contribution is -0.138. The van der Waals surface area contributed by atoms with Crippen LogP contribution in [0.15, 0.2) is 29.2 Å². The van der Waals surface area contributed by atoms with Gasteiger partial charge in [0.05, 0.1) is 5.69 Å². The van der Waals surface area contributed by atoms with E-state index in [2.05, 4.69) is 10.6 Å². The zero-order valence-electron chi connectivity index (χ0n) is 9.89. The molecular weight excluding hydrogens is 278 g/mol. The summed E-state index contributed by atoms with van der Waals surface area (Å²) in [5.41, 5.74) is 0.197. The third-order valence-corrected chi connectivity index (χ3v) is 2.86. The maximum Gasteiger partial charge on any atom is 0.325 e. The van der Waals surface area contributed by atoms with E-state index in [0.29, 0.717) is 11.8 Å². The van der Waals surface area contributed by atoms with Crippen molar-refractivity contribution in [2.24, 2.45) is 0 Å². The Morgan fingerprint density at radius 1 is 1.32 bits per heavy atom. The molecule has 0 spiro atoms. The lowest BCUT2D eigenvalue weighted by Crippen LogP contribution is -2.40. The number of alkyl halides is 2. The molecule has 0 bridgehead atoms. The molecule has 0 saturated carbocycles. The molecule has 8 heteroatoms. The zero-order valence-corrected chi connectivity index (χ0v) is 10.7. The van der Waals surface area contributed by atoms with Gasteiger partial charge >= 0.3 is 12.0 Å². The molecule has 2 amide bonds. The summed E-state index contributed by atoms with van der Waals surface area (Å²) in [6.07, 6.45) is 0. The number of hydrogen-bond donors (Lipinski definition) is 3. The van der Waals surface area contributed by atoms with Crippen LogP contribution in [0.1, 0.15) is 6.92 Å². The first-order chi connectivity index (χ1) is 8.90. The molecule has 0 aromatic heterocycles. The summed E-state index contributed by atoms with van der Waals surface area (Å²) in [4.78, 5) is 22.2. The summed E-state index contributed by atoms with van der Waals surface area (Å²) in [5.74, 6) is -3.80. The molecule has 0 saturated heterocycles. The van der Waals surface area contributed by atoms with Crippen LogP contribution in [0.4, 0.5) is 19.3 Å². The summed E-state index contributed by atoms with van der Waals surface area (Å²) in [7, 11) is 0. The Bertz CT molecular complexity index is 471. The molecule has 0 unspecified atom stereocenters. The Hall–Kier alpha value is -1.83. The van der Waals surface area contributed by atoms with Crippen LogP contribution in [0.2, 0.25) is 0 Å². The SMILES string of the molecule is C[C@@H](NC(=O)Nc1ccccc1SC(F)F)C(=O)O. The minimum Gasteiger partial charge on any atom is -0.480 e. The maximum absolute atomic E-state index is 12.3. The number of para-hydroxylation sites is 1. The van der Waals surface area contributed by atoms with E-state index in [1.807, 2.05) is 0 Å². The van der Waals surface area contributed by atoms with Crippen LogP contribution in [-0.4, -0.2) is 28.9 Å². The molecule has 0 radical (unpaired) electrons. The summed E-state index contributed by atoms with van der Waals surface area (Å²) in [5, 5.41) is 13.1. The molecule has 1 atom stereocenters. The van der Waals surface area contributed by atoms with Crippen molar-refractivity contribution in [3.05, 3.63) is 24.3 Å². The average Bonchev–Trinajstić information content (AvgIpc) is 2.30. The summed E-state index contributed by atoms with van der Waals surface area (Å²) >= 11 is 0.300. The molecule has 3 N–H and O–H groups in total. The highest BCUT2D eigenvalue weighted by Crippen LogP contribution is 2.31. The predicted molar refractivity (Wildman–Crippen MR) is 67.6 cm³/mol. The number of halogens is 2. The van der Waals surface area contributed by atoms with Crippen molar-refractivity contribution in [3.63, 3.8) is 0 Å². The van der Waals surface area contributed by atoms with E-state index in [0.717, 1.165) is 0 Å². The van der Waals surface area contributed by atoms with E-state index in [1.165, 1.54) is 19.1 Å². The van der Waals surface area contributed by atoms with Crippen LogP contribution in [0.3, 0.4) is 0 Å². The number of benzene rings is 1. The van der Waals surface area contributed by atoms with Crippen molar-refractivity contribution >= 4 is 29.4 Å². The summed E-state index contributed by atoms with van der Waals surface area (Å²) in [6.45, 7) is 1.29. The van der Waals surface area contributed by atoms with Gasteiger partial charge in [-0.2, -0.15) is 8.78 Å². The number of thioether (sulfide) groups is 1. The Kier molecular flexibility index (Phi) is 5.56. The smallest absolute Gasteiger partial charge is 0.325 e. The third kappa shape index (κ3) is 5.12. The van der Waals surface area contributed by atoms with Gasteiger partial charge in [-0.1, -0.05) is 23.9 Å². The van der Waals surface area contributed by atoms with Gasteiger partial charge in [0.1, 0.15) is 6.04 Å². The molecule has 0 aliphatic carbocycles. The summed E-state index contributed by atoms with van der Waals surface area (Å²) < 4.78 is 24.6. The lowest BCUT2D eigenvalue weighted by Gasteiger charge is -2.13. The highest BCUT2D eigenvalue weighted by Gasteiger charge is 2.15. The Morgan fingerprint density at radius 2 is 1.95 bits per heavy atom. The first kappa shape index (κ1) is 15.2. The second-order valence-corrected chi connectivity index (χ2v) is 4.56. The summed E-state index contributed by atoms with van der Waals surface area (Å²) in [6, 6.07) is 4.19. The number of carboxylic acid groups (broad SMARTS) is 1. The first-order valence-electron chi connectivity index (χ1n) is 5.24. The Balaban J connectivity index is 2.71.